The fourth-order valence-electron chi connectivity index (χ4n) is 1.78. The van der Waals surface area contributed by atoms with Gasteiger partial charge < -0.3 is 24.7 Å². The van der Waals surface area contributed by atoms with Crippen molar-refractivity contribution >= 4 is 0 Å². The third-order valence-electron chi connectivity index (χ3n) is 2.82. The van der Waals surface area contributed by atoms with E-state index in [0.717, 1.165) is 11.3 Å². The number of phenolic OH excluding ortho intramolecular Hbond substituents is 1. The summed E-state index contributed by atoms with van der Waals surface area (Å²) in [6, 6.07) is 10.7. The fourth-order valence-corrected chi connectivity index (χ4v) is 1.78. The second-order valence-corrected chi connectivity index (χ2v) is 4.51. The van der Waals surface area contributed by atoms with Crippen molar-refractivity contribution in [2.75, 3.05) is 13.2 Å². The maximum atomic E-state index is 9.74. The van der Waals surface area contributed by atoms with E-state index in [1.807, 2.05) is 18.2 Å². The van der Waals surface area contributed by atoms with Crippen LogP contribution >= 0.6 is 0 Å². The maximum absolute atomic E-state index is 9.74. The van der Waals surface area contributed by atoms with Crippen molar-refractivity contribution in [1.29, 1.82) is 0 Å². The van der Waals surface area contributed by atoms with Gasteiger partial charge in [-0.3, -0.25) is 0 Å². The molecule has 1 aromatic heterocycles. The van der Waals surface area contributed by atoms with E-state index in [0.29, 0.717) is 19.7 Å². The zero-order valence-electron chi connectivity index (χ0n) is 11.2. The van der Waals surface area contributed by atoms with E-state index in [1.165, 1.54) is 0 Å². The Morgan fingerprint density at radius 3 is 2.80 bits per heavy atom. The van der Waals surface area contributed by atoms with Crippen molar-refractivity contribution in [2.24, 2.45) is 0 Å². The minimum absolute atomic E-state index is 0.231. The number of hydrogen-bond acceptors (Lipinski definition) is 5. The number of rotatable bonds is 8. The Bertz CT molecular complexity index is 498. The summed E-state index contributed by atoms with van der Waals surface area (Å²) < 4.78 is 10.5. The largest absolute Gasteiger partial charge is 0.508 e. The number of phenols is 1. The molecule has 1 unspecified atom stereocenters. The first-order valence-corrected chi connectivity index (χ1v) is 6.51. The van der Waals surface area contributed by atoms with Gasteiger partial charge in [0.05, 0.1) is 19.0 Å². The quantitative estimate of drug-likeness (QED) is 0.684. The molecule has 0 saturated carbocycles. The molecule has 2 rings (SSSR count). The Morgan fingerprint density at radius 1 is 1.20 bits per heavy atom. The van der Waals surface area contributed by atoms with Gasteiger partial charge in [-0.2, -0.15) is 0 Å². The molecule has 3 N–H and O–H groups in total. The predicted octanol–water partition coefficient (Wildman–Crippen LogP) is 1.65. The molecule has 20 heavy (non-hydrogen) atoms. The first-order chi connectivity index (χ1) is 9.75. The second kappa shape index (κ2) is 7.69. The summed E-state index contributed by atoms with van der Waals surface area (Å²) in [4.78, 5) is 0. The van der Waals surface area contributed by atoms with Gasteiger partial charge in [0.15, 0.2) is 0 Å². The van der Waals surface area contributed by atoms with Gasteiger partial charge in [-0.15, -0.1) is 0 Å². The van der Waals surface area contributed by atoms with Crippen molar-refractivity contribution in [1.82, 2.24) is 5.32 Å². The van der Waals surface area contributed by atoms with Gasteiger partial charge in [0, 0.05) is 18.7 Å². The molecular weight excluding hydrogens is 258 g/mol. The number of para-hydroxylation sites is 1. The van der Waals surface area contributed by atoms with E-state index in [4.69, 9.17) is 9.15 Å². The smallest absolute Gasteiger partial charge is 0.129 e. The minimum atomic E-state index is -0.601. The molecule has 2 aromatic rings. The van der Waals surface area contributed by atoms with E-state index in [1.54, 1.807) is 24.5 Å². The van der Waals surface area contributed by atoms with Crippen molar-refractivity contribution in [3.8, 4) is 5.75 Å². The van der Waals surface area contributed by atoms with Crippen LogP contribution in [-0.2, 0) is 17.9 Å². The number of nitrogens with one attached hydrogen (secondary N) is 1. The predicted molar refractivity (Wildman–Crippen MR) is 74.2 cm³/mol. The number of aliphatic hydroxyl groups excluding tert-OH is 1. The fraction of sp³-hybridized carbons (Fsp3) is 0.333. The number of benzene rings is 1. The monoisotopic (exact) mass is 277 g/mol. The number of ether oxygens (including phenoxy) is 1. The Labute approximate surface area is 117 Å². The highest BCUT2D eigenvalue weighted by Gasteiger charge is 2.06. The van der Waals surface area contributed by atoms with Gasteiger partial charge >= 0.3 is 0 Å². The van der Waals surface area contributed by atoms with Crippen molar-refractivity contribution in [3.05, 3.63) is 54.0 Å². The van der Waals surface area contributed by atoms with Gasteiger partial charge in [0.2, 0.25) is 0 Å². The zero-order valence-corrected chi connectivity index (χ0v) is 11.2. The third-order valence-corrected chi connectivity index (χ3v) is 2.82. The van der Waals surface area contributed by atoms with Crippen LogP contribution in [0.3, 0.4) is 0 Å². The van der Waals surface area contributed by atoms with Crippen LogP contribution in [0.5, 0.6) is 5.75 Å². The molecule has 1 aromatic carbocycles. The maximum Gasteiger partial charge on any atom is 0.129 e. The van der Waals surface area contributed by atoms with E-state index in [9.17, 15) is 10.2 Å². The molecule has 0 fully saturated rings. The van der Waals surface area contributed by atoms with Crippen LogP contribution in [0.4, 0.5) is 0 Å². The third kappa shape index (κ3) is 4.70. The summed E-state index contributed by atoms with van der Waals surface area (Å²) in [6.45, 7) is 1.48. The first-order valence-electron chi connectivity index (χ1n) is 6.51. The van der Waals surface area contributed by atoms with Gasteiger partial charge in [-0.25, -0.2) is 0 Å². The van der Waals surface area contributed by atoms with Crippen LogP contribution in [0.2, 0.25) is 0 Å². The second-order valence-electron chi connectivity index (χ2n) is 4.51. The lowest BCUT2D eigenvalue weighted by atomic mass is 10.2. The van der Waals surface area contributed by atoms with Gasteiger partial charge in [-0.05, 0) is 18.2 Å². The standard InChI is InChI=1S/C15H19NO4/c17-13(10-19-11-14-5-3-7-20-14)9-16-8-12-4-1-2-6-15(12)18/h1-7,13,16-18H,8-11H2. The summed E-state index contributed by atoms with van der Waals surface area (Å²) in [5.74, 6) is 0.989. The summed E-state index contributed by atoms with van der Waals surface area (Å²) in [5, 5.41) is 22.4. The Hall–Kier alpha value is -1.82. The summed E-state index contributed by atoms with van der Waals surface area (Å²) in [6.07, 6.45) is 0.985. The Balaban J connectivity index is 1.60. The summed E-state index contributed by atoms with van der Waals surface area (Å²) in [5.41, 5.74) is 0.802. The normalized spacial score (nSPS) is 12.4. The summed E-state index contributed by atoms with van der Waals surface area (Å²) >= 11 is 0. The molecule has 0 aliphatic carbocycles. The zero-order chi connectivity index (χ0) is 14.2. The molecule has 5 heteroatoms. The number of aliphatic hydroxyl groups is 1. The molecule has 0 radical (unpaired) electrons. The lowest BCUT2D eigenvalue weighted by molar-refractivity contribution is 0.0225. The molecule has 108 valence electrons. The molecule has 0 aliphatic heterocycles. The van der Waals surface area contributed by atoms with Gasteiger partial charge in [0.25, 0.3) is 0 Å². The van der Waals surface area contributed by atoms with Crippen molar-refractivity contribution < 1.29 is 19.4 Å². The van der Waals surface area contributed by atoms with Crippen LogP contribution in [0.1, 0.15) is 11.3 Å². The highest BCUT2D eigenvalue weighted by atomic mass is 16.5. The molecule has 0 saturated heterocycles. The molecule has 1 atom stereocenters. The molecule has 5 nitrogen and oxygen atoms in total. The van der Waals surface area contributed by atoms with E-state index < -0.39 is 6.10 Å². The number of furan rings is 1. The van der Waals surface area contributed by atoms with Crippen LogP contribution in [0, 0.1) is 0 Å². The molecule has 0 amide bonds. The minimum Gasteiger partial charge on any atom is -0.508 e. The number of aromatic hydroxyl groups is 1. The first kappa shape index (κ1) is 14.6. The van der Waals surface area contributed by atoms with Gasteiger partial charge in [0.1, 0.15) is 18.1 Å². The van der Waals surface area contributed by atoms with E-state index >= 15 is 0 Å². The molecule has 0 aliphatic rings. The van der Waals surface area contributed by atoms with E-state index in [2.05, 4.69) is 5.32 Å². The van der Waals surface area contributed by atoms with Crippen LogP contribution in [-0.4, -0.2) is 29.5 Å². The highest BCUT2D eigenvalue weighted by molar-refractivity contribution is 5.31. The SMILES string of the molecule is Oc1ccccc1CNCC(O)COCc1ccco1. The summed E-state index contributed by atoms with van der Waals surface area (Å²) in [7, 11) is 0. The van der Waals surface area contributed by atoms with Gasteiger partial charge in [-0.1, -0.05) is 18.2 Å². The van der Waals surface area contributed by atoms with Crippen LogP contribution < -0.4 is 5.32 Å². The van der Waals surface area contributed by atoms with Crippen LogP contribution in [0.15, 0.2) is 47.1 Å². The lowest BCUT2D eigenvalue weighted by Gasteiger charge is -2.12. The van der Waals surface area contributed by atoms with Crippen LogP contribution in [0.25, 0.3) is 0 Å². The Morgan fingerprint density at radius 2 is 2.05 bits per heavy atom. The topological polar surface area (TPSA) is 74.9 Å². The average molecular weight is 277 g/mol. The lowest BCUT2D eigenvalue weighted by Crippen LogP contribution is -2.30. The Kier molecular flexibility index (Phi) is 5.61. The molecule has 0 spiro atoms. The van der Waals surface area contributed by atoms with E-state index in [-0.39, 0.29) is 12.4 Å². The molecular formula is C15H19NO4. The molecule has 1 heterocycles. The average Bonchev–Trinajstić information content (AvgIpc) is 2.94. The highest BCUT2D eigenvalue weighted by Crippen LogP contribution is 2.14. The molecule has 0 bridgehead atoms. The van der Waals surface area contributed by atoms with Crippen molar-refractivity contribution in [3.63, 3.8) is 0 Å². The number of hydrogen-bond donors (Lipinski definition) is 3. The van der Waals surface area contributed by atoms with Crippen molar-refractivity contribution in [2.45, 2.75) is 19.3 Å².